The van der Waals surface area contributed by atoms with Crippen molar-refractivity contribution in [1.29, 1.82) is 0 Å². The van der Waals surface area contributed by atoms with E-state index >= 15 is 0 Å². The Morgan fingerprint density at radius 1 is 1.26 bits per heavy atom. The summed E-state index contributed by atoms with van der Waals surface area (Å²) in [5.74, 6) is 0. The van der Waals surface area contributed by atoms with E-state index in [1.165, 1.54) is 30.4 Å². The zero-order valence-corrected chi connectivity index (χ0v) is 10.8. The molecule has 5 nitrogen and oxygen atoms in total. The van der Waals surface area contributed by atoms with Crippen LogP contribution in [0.25, 0.3) is 0 Å². The van der Waals surface area contributed by atoms with Crippen molar-refractivity contribution in [3.05, 3.63) is 41.2 Å². The van der Waals surface area contributed by atoms with Gasteiger partial charge >= 0.3 is 0 Å². The highest BCUT2D eigenvalue weighted by Gasteiger charge is 2.10. The largest absolute Gasteiger partial charge is 0.394 e. The van der Waals surface area contributed by atoms with Crippen LogP contribution in [0.5, 0.6) is 0 Å². The molecule has 1 aliphatic carbocycles. The van der Waals surface area contributed by atoms with Crippen molar-refractivity contribution in [3.8, 4) is 0 Å². The van der Waals surface area contributed by atoms with Gasteiger partial charge in [0.2, 0.25) is 0 Å². The van der Waals surface area contributed by atoms with Crippen molar-refractivity contribution in [2.45, 2.75) is 32.4 Å². The van der Waals surface area contributed by atoms with Crippen molar-refractivity contribution in [3.63, 3.8) is 0 Å². The molecule has 0 amide bonds. The molecule has 0 aliphatic heterocycles. The predicted molar refractivity (Wildman–Crippen MR) is 72.9 cm³/mol. The number of nitrogens with one attached hydrogen (secondary N) is 1. The fraction of sp³-hybridized carbons (Fsp3) is 0.429. The highest BCUT2D eigenvalue weighted by molar-refractivity contribution is 5.50. The van der Waals surface area contributed by atoms with E-state index in [1.54, 1.807) is 4.68 Å². The van der Waals surface area contributed by atoms with Crippen LogP contribution in [0.2, 0.25) is 0 Å². The molecule has 100 valence electrons. The maximum Gasteiger partial charge on any atom is 0.102 e. The van der Waals surface area contributed by atoms with Gasteiger partial charge in [-0.3, -0.25) is 0 Å². The fourth-order valence-electron chi connectivity index (χ4n) is 2.51. The molecule has 5 heteroatoms. The molecule has 0 radical (unpaired) electrons. The lowest BCUT2D eigenvalue weighted by molar-refractivity contribution is 0.268. The molecule has 2 N–H and O–H groups in total. The molecule has 19 heavy (non-hydrogen) atoms. The Morgan fingerprint density at radius 2 is 2.16 bits per heavy atom. The van der Waals surface area contributed by atoms with Crippen molar-refractivity contribution in [1.82, 2.24) is 15.0 Å². The average Bonchev–Trinajstić information content (AvgIpc) is 3.04. The summed E-state index contributed by atoms with van der Waals surface area (Å²) in [4.78, 5) is 0. The van der Waals surface area contributed by atoms with Crippen molar-refractivity contribution in [2.24, 2.45) is 0 Å². The van der Waals surface area contributed by atoms with Crippen LogP contribution in [0.4, 0.5) is 5.69 Å². The Balaban J connectivity index is 1.62. The zero-order chi connectivity index (χ0) is 13.1. The van der Waals surface area contributed by atoms with E-state index in [-0.39, 0.29) is 6.61 Å². The van der Waals surface area contributed by atoms with E-state index in [4.69, 9.17) is 5.11 Å². The molecule has 0 fully saturated rings. The Kier molecular flexibility index (Phi) is 3.46. The molecule has 0 saturated heterocycles. The molecule has 3 rings (SSSR count). The van der Waals surface area contributed by atoms with E-state index in [2.05, 4.69) is 33.8 Å². The minimum Gasteiger partial charge on any atom is -0.394 e. The Morgan fingerprint density at radius 3 is 3.05 bits per heavy atom. The number of benzene rings is 1. The molecule has 1 aromatic heterocycles. The Labute approximate surface area is 112 Å². The van der Waals surface area contributed by atoms with Crippen molar-refractivity contribution >= 4 is 5.69 Å². The third kappa shape index (κ3) is 2.76. The number of rotatable bonds is 5. The van der Waals surface area contributed by atoms with Gasteiger partial charge in [-0.25, -0.2) is 4.68 Å². The third-order valence-electron chi connectivity index (χ3n) is 3.49. The third-order valence-corrected chi connectivity index (χ3v) is 3.49. The van der Waals surface area contributed by atoms with Crippen LogP contribution < -0.4 is 5.32 Å². The molecule has 0 bridgehead atoms. The molecule has 0 saturated carbocycles. The van der Waals surface area contributed by atoms with Crippen LogP contribution >= 0.6 is 0 Å². The van der Waals surface area contributed by atoms with Gasteiger partial charge in [-0.05, 0) is 42.5 Å². The summed E-state index contributed by atoms with van der Waals surface area (Å²) in [5.41, 5.74) is 4.97. The van der Waals surface area contributed by atoms with Crippen LogP contribution in [-0.4, -0.2) is 26.7 Å². The molecule has 1 aliphatic rings. The smallest absolute Gasteiger partial charge is 0.102 e. The first-order chi connectivity index (χ1) is 9.35. The van der Waals surface area contributed by atoms with E-state index in [0.717, 1.165) is 11.4 Å². The summed E-state index contributed by atoms with van der Waals surface area (Å²) in [7, 11) is 0. The average molecular weight is 258 g/mol. The van der Waals surface area contributed by atoms with Gasteiger partial charge in [0.05, 0.1) is 25.9 Å². The number of hydrogen-bond acceptors (Lipinski definition) is 4. The number of hydrogen-bond donors (Lipinski definition) is 2. The normalized spacial score (nSPS) is 13.5. The van der Waals surface area contributed by atoms with E-state index in [0.29, 0.717) is 13.1 Å². The number of aryl methyl sites for hydroxylation is 2. The van der Waals surface area contributed by atoms with Gasteiger partial charge in [0, 0.05) is 5.69 Å². The number of nitrogens with zero attached hydrogens (tertiary/aromatic N) is 3. The summed E-state index contributed by atoms with van der Waals surface area (Å²) in [6, 6.07) is 6.58. The Bertz CT molecular complexity index is 564. The first kappa shape index (κ1) is 12.2. The van der Waals surface area contributed by atoms with Gasteiger partial charge in [0.15, 0.2) is 0 Å². The van der Waals surface area contributed by atoms with Crippen LogP contribution in [0.1, 0.15) is 23.2 Å². The molecule has 1 aromatic carbocycles. The molecular weight excluding hydrogens is 240 g/mol. The lowest BCUT2D eigenvalue weighted by Gasteiger charge is -2.06. The molecule has 0 spiro atoms. The van der Waals surface area contributed by atoms with Crippen LogP contribution in [0.3, 0.4) is 0 Å². The summed E-state index contributed by atoms with van der Waals surface area (Å²) in [6.07, 6.45) is 5.54. The van der Waals surface area contributed by atoms with Crippen LogP contribution in [0, 0.1) is 0 Å². The monoisotopic (exact) mass is 258 g/mol. The second kappa shape index (κ2) is 5.40. The number of aromatic nitrogens is 3. The molecule has 0 atom stereocenters. The highest BCUT2D eigenvalue weighted by atomic mass is 16.3. The van der Waals surface area contributed by atoms with E-state index in [9.17, 15) is 0 Å². The first-order valence-corrected chi connectivity index (χ1v) is 6.71. The van der Waals surface area contributed by atoms with Crippen LogP contribution in [0.15, 0.2) is 24.4 Å². The summed E-state index contributed by atoms with van der Waals surface area (Å²) in [6.45, 7) is 1.23. The summed E-state index contributed by atoms with van der Waals surface area (Å²) < 4.78 is 1.65. The predicted octanol–water partition coefficient (Wildman–Crippen LogP) is 1.37. The minimum atomic E-state index is 0.0844. The second-order valence-corrected chi connectivity index (χ2v) is 4.89. The SMILES string of the molecule is OCCn1cc(CNc2ccc3c(c2)CCC3)nn1. The summed E-state index contributed by atoms with van der Waals surface area (Å²) >= 11 is 0. The summed E-state index contributed by atoms with van der Waals surface area (Å²) in [5, 5.41) is 20.2. The number of aliphatic hydroxyl groups excluding tert-OH is 1. The first-order valence-electron chi connectivity index (χ1n) is 6.71. The molecular formula is C14H18N4O. The Hall–Kier alpha value is -1.88. The zero-order valence-electron chi connectivity index (χ0n) is 10.8. The van der Waals surface area contributed by atoms with Gasteiger partial charge < -0.3 is 10.4 Å². The molecule has 2 aromatic rings. The lowest BCUT2D eigenvalue weighted by atomic mass is 10.1. The minimum absolute atomic E-state index is 0.0844. The van der Waals surface area contributed by atoms with E-state index < -0.39 is 0 Å². The molecule has 1 heterocycles. The molecule has 0 unspecified atom stereocenters. The second-order valence-electron chi connectivity index (χ2n) is 4.89. The van der Waals surface area contributed by atoms with Crippen molar-refractivity contribution in [2.75, 3.05) is 11.9 Å². The van der Waals surface area contributed by atoms with Gasteiger partial charge in [0.1, 0.15) is 5.69 Å². The van der Waals surface area contributed by atoms with E-state index in [1.807, 2.05) is 6.20 Å². The maximum atomic E-state index is 8.82. The number of anilines is 1. The van der Waals surface area contributed by atoms with Gasteiger partial charge in [-0.15, -0.1) is 5.10 Å². The lowest BCUT2D eigenvalue weighted by Crippen LogP contribution is -2.02. The van der Waals surface area contributed by atoms with Crippen LogP contribution in [-0.2, 0) is 25.9 Å². The van der Waals surface area contributed by atoms with Gasteiger partial charge in [-0.1, -0.05) is 11.3 Å². The number of aliphatic hydroxyl groups is 1. The highest BCUT2D eigenvalue weighted by Crippen LogP contribution is 2.24. The maximum absolute atomic E-state index is 8.82. The number of fused-ring (bicyclic) bond motifs is 1. The standard InChI is InChI=1S/C14H18N4O/c19-7-6-18-10-14(16-17-18)9-15-13-5-4-11-2-1-3-12(11)8-13/h4-5,8,10,15,19H,1-3,6-7,9H2. The fourth-order valence-corrected chi connectivity index (χ4v) is 2.51. The van der Waals surface area contributed by atoms with Gasteiger partial charge in [-0.2, -0.15) is 0 Å². The quantitative estimate of drug-likeness (QED) is 0.850. The van der Waals surface area contributed by atoms with Gasteiger partial charge in [0.25, 0.3) is 0 Å². The van der Waals surface area contributed by atoms with Crippen molar-refractivity contribution < 1.29 is 5.11 Å². The topological polar surface area (TPSA) is 63.0 Å².